The smallest absolute Gasteiger partial charge is 0.182 e. The van der Waals surface area contributed by atoms with Crippen LogP contribution in [0.25, 0.3) is 33.2 Å². The number of nitrogens with zero attached hydrogens (tertiary/aromatic N) is 4. The standard InChI is InChI=1S/C20H14ClF2N7/c1-9(29-20-18-19(25-7-24-18)26-8-27-20)13-5-15(21)14-6-28-30-17(14)16(13)10-2-11(22)4-12(23)3-10/h2-9H,1H3,(H,28,30)(H2,24,25,26,27,29). The van der Waals surface area contributed by atoms with Gasteiger partial charge in [-0.3, -0.25) is 5.10 Å². The van der Waals surface area contributed by atoms with Crippen molar-refractivity contribution >= 4 is 39.5 Å². The topological polar surface area (TPSA) is 95.2 Å². The van der Waals surface area contributed by atoms with Gasteiger partial charge in [0.2, 0.25) is 0 Å². The molecular weight excluding hydrogens is 412 g/mol. The van der Waals surface area contributed by atoms with Crippen molar-refractivity contribution in [2.45, 2.75) is 13.0 Å². The quantitative estimate of drug-likeness (QED) is 0.376. The average molecular weight is 426 g/mol. The monoisotopic (exact) mass is 425 g/mol. The summed E-state index contributed by atoms with van der Waals surface area (Å²) in [7, 11) is 0. The maximum atomic E-state index is 14.0. The zero-order chi connectivity index (χ0) is 20.8. The second-order valence-electron chi connectivity index (χ2n) is 6.83. The van der Waals surface area contributed by atoms with Gasteiger partial charge < -0.3 is 10.3 Å². The SMILES string of the molecule is CC(Nc1ncnc2nc[nH]c12)c1cc(Cl)c2cn[nH]c2c1-c1cc(F)cc(F)c1. The maximum Gasteiger partial charge on any atom is 0.182 e. The predicted molar refractivity (Wildman–Crippen MR) is 110 cm³/mol. The summed E-state index contributed by atoms with van der Waals surface area (Å²) in [6, 6.07) is 4.82. The third-order valence-electron chi connectivity index (χ3n) is 4.91. The number of H-pyrrole nitrogens is 2. The first kappa shape index (κ1) is 18.4. The number of fused-ring (bicyclic) bond motifs is 2. The van der Waals surface area contributed by atoms with Crippen molar-refractivity contribution in [1.82, 2.24) is 30.1 Å². The first-order valence-corrected chi connectivity index (χ1v) is 9.41. The fourth-order valence-corrected chi connectivity index (χ4v) is 3.86. The van der Waals surface area contributed by atoms with Crippen molar-refractivity contribution in [1.29, 1.82) is 0 Å². The van der Waals surface area contributed by atoms with Gasteiger partial charge in [0.25, 0.3) is 0 Å². The number of aromatic nitrogens is 6. The Hall–Kier alpha value is -3.59. The van der Waals surface area contributed by atoms with Crippen molar-refractivity contribution in [3.05, 3.63) is 65.3 Å². The van der Waals surface area contributed by atoms with Gasteiger partial charge in [-0.1, -0.05) is 11.6 Å². The third-order valence-corrected chi connectivity index (χ3v) is 5.22. The second kappa shape index (κ2) is 7.03. The van der Waals surface area contributed by atoms with E-state index in [9.17, 15) is 8.78 Å². The lowest BCUT2D eigenvalue weighted by Crippen LogP contribution is -2.10. The van der Waals surface area contributed by atoms with Crippen LogP contribution in [0.15, 0.2) is 43.1 Å². The fraction of sp³-hybridized carbons (Fsp3) is 0.100. The number of halogens is 3. The second-order valence-corrected chi connectivity index (χ2v) is 7.24. The fourth-order valence-electron chi connectivity index (χ4n) is 3.60. The molecule has 0 aliphatic carbocycles. The van der Waals surface area contributed by atoms with E-state index in [1.807, 2.05) is 6.92 Å². The highest BCUT2D eigenvalue weighted by Crippen LogP contribution is 2.39. The summed E-state index contributed by atoms with van der Waals surface area (Å²) in [6.45, 7) is 1.90. The molecule has 3 heterocycles. The van der Waals surface area contributed by atoms with Crippen LogP contribution in [0.5, 0.6) is 0 Å². The van der Waals surface area contributed by atoms with E-state index < -0.39 is 11.6 Å². The van der Waals surface area contributed by atoms with Crippen LogP contribution >= 0.6 is 11.6 Å². The van der Waals surface area contributed by atoms with Crippen LogP contribution in [0, 0.1) is 11.6 Å². The largest absolute Gasteiger partial charge is 0.362 e. The van der Waals surface area contributed by atoms with E-state index in [1.54, 1.807) is 12.3 Å². The first-order valence-electron chi connectivity index (χ1n) is 9.04. The molecule has 1 atom stereocenters. The lowest BCUT2D eigenvalue weighted by molar-refractivity contribution is 0.584. The van der Waals surface area contributed by atoms with Crippen LogP contribution in [0.1, 0.15) is 18.5 Å². The normalized spacial score (nSPS) is 12.5. The van der Waals surface area contributed by atoms with E-state index in [1.165, 1.54) is 24.8 Å². The van der Waals surface area contributed by atoms with Gasteiger partial charge in [0.05, 0.1) is 29.1 Å². The van der Waals surface area contributed by atoms with Crippen molar-refractivity contribution < 1.29 is 8.78 Å². The molecule has 3 aromatic heterocycles. The number of aromatic amines is 2. The molecule has 10 heteroatoms. The van der Waals surface area contributed by atoms with Crippen LogP contribution in [-0.2, 0) is 0 Å². The number of benzene rings is 2. The third kappa shape index (κ3) is 3.03. The van der Waals surface area contributed by atoms with Gasteiger partial charge in [-0.25, -0.2) is 23.7 Å². The molecule has 0 aliphatic heterocycles. The Balaban J connectivity index is 1.69. The zero-order valence-corrected chi connectivity index (χ0v) is 16.3. The van der Waals surface area contributed by atoms with E-state index >= 15 is 0 Å². The number of hydrogen-bond acceptors (Lipinski definition) is 5. The molecule has 0 fully saturated rings. The van der Waals surface area contributed by atoms with Gasteiger partial charge in [-0.2, -0.15) is 5.10 Å². The Bertz CT molecular complexity index is 1370. The number of rotatable bonds is 4. The first-order chi connectivity index (χ1) is 14.5. The molecule has 150 valence electrons. The number of nitrogens with one attached hydrogen (secondary N) is 3. The summed E-state index contributed by atoms with van der Waals surface area (Å²) in [6.07, 6.45) is 4.52. The van der Waals surface area contributed by atoms with Gasteiger partial charge in [0.15, 0.2) is 11.5 Å². The van der Waals surface area contributed by atoms with E-state index in [0.29, 0.717) is 49.6 Å². The van der Waals surface area contributed by atoms with Gasteiger partial charge in [0.1, 0.15) is 23.5 Å². The minimum absolute atomic E-state index is 0.335. The minimum atomic E-state index is -0.672. The predicted octanol–water partition coefficient (Wildman–Crippen LogP) is 5.00. The lowest BCUT2D eigenvalue weighted by Gasteiger charge is -2.20. The van der Waals surface area contributed by atoms with Crippen molar-refractivity contribution in [3.8, 4) is 11.1 Å². The van der Waals surface area contributed by atoms with Crippen LogP contribution < -0.4 is 5.32 Å². The Labute approximate surface area is 173 Å². The van der Waals surface area contributed by atoms with Crippen molar-refractivity contribution in [2.24, 2.45) is 0 Å². The molecule has 3 N–H and O–H groups in total. The van der Waals surface area contributed by atoms with E-state index in [2.05, 4.69) is 35.5 Å². The highest BCUT2D eigenvalue weighted by atomic mass is 35.5. The molecule has 5 rings (SSSR count). The molecule has 2 aromatic carbocycles. The Morgan fingerprint density at radius 2 is 1.83 bits per heavy atom. The summed E-state index contributed by atoms with van der Waals surface area (Å²) in [5.74, 6) is -0.800. The highest BCUT2D eigenvalue weighted by Gasteiger charge is 2.21. The molecule has 5 aromatic rings. The van der Waals surface area contributed by atoms with E-state index in [0.717, 1.165) is 6.07 Å². The van der Waals surface area contributed by atoms with Gasteiger partial charge >= 0.3 is 0 Å². The summed E-state index contributed by atoms with van der Waals surface area (Å²) in [5.41, 5.74) is 3.45. The summed E-state index contributed by atoms with van der Waals surface area (Å²) in [4.78, 5) is 15.5. The van der Waals surface area contributed by atoms with E-state index in [-0.39, 0.29) is 6.04 Å². The molecule has 0 amide bonds. The lowest BCUT2D eigenvalue weighted by atomic mass is 9.93. The van der Waals surface area contributed by atoms with Crippen molar-refractivity contribution in [2.75, 3.05) is 5.32 Å². The van der Waals surface area contributed by atoms with Crippen LogP contribution in [0.4, 0.5) is 14.6 Å². The zero-order valence-electron chi connectivity index (χ0n) is 15.5. The maximum absolute atomic E-state index is 14.0. The molecule has 0 bridgehead atoms. The Kier molecular flexibility index (Phi) is 4.32. The van der Waals surface area contributed by atoms with Crippen LogP contribution in [0.3, 0.4) is 0 Å². The van der Waals surface area contributed by atoms with Gasteiger partial charge in [-0.15, -0.1) is 0 Å². The van der Waals surface area contributed by atoms with Gasteiger partial charge in [0, 0.05) is 17.0 Å². The molecule has 0 spiro atoms. The molecule has 30 heavy (non-hydrogen) atoms. The highest BCUT2D eigenvalue weighted by molar-refractivity contribution is 6.36. The van der Waals surface area contributed by atoms with Crippen LogP contribution in [-0.4, -0.2) is 30.1 Å². The van der Waals surface area contributed by atoms with Gasteiger partial charge in [-0.05, 0) is 36.2 Å². The minimum Gasteiger partial charge on any atom is -0.362 e. The number of anilines is 1. The molecular formula is C20H14ClF2N7. The summed E-state index contributed by atoms with van der Waals surface area (Å²) < 4.78 is 28.0. The van der Waals surface area contributed by atoms with Crippen LogP contribution in [0.2, 0.25) is 5.02 Å². The molecule has 0 saturated carbocycles. The molecule has 1 unspecified atom stereocenters. The average Bonchev–Trinajstić information content (AvgIpc) is 3.37. The molecule has 7 nitrogen and oxygen atoms in total. The number of imidazole rings is 1. The Morgan fingerprint density at radius 3 is 2.63 bits per heavy atom. The molecule has 0 saturated heterocycles. The molecule has 0 aliphatic rings. The van der Waals surface area contributed by atoms with Crippen molar-refractivity contribution in [3.63, 3.8) is 0 Å². The summed E-state index contributed by atoms with van der Waals surface area (Å²) in [5, 5.41) is 11.4. The molecule has 0 radical (unpaired) electrons. The number of hydrogen-bond donors (Lipinski definition) is 3. The van der Waals surface area contributed by atoms with E-state index in [4.69, 9.17) is 11.6 Å². The summed E-state index contributed by atoms with van der Waals surface area (Å²) >= 11 is 6.47. The Morgan fingerprint density at radius 1 is 1.03 bits per heavy atom.